The van der Waals surface area contributed by atoms with Crippen LogP contribution in [0, 0.1) is 0 Å². The van der Waals surface area contributed by atoms with E-state index in [9.17, 15) is 4.79 Å². The maximum Gasteiger partial charge on any atom is 0.259 e. The Labute approximate surface area is 146 Å². The molecule has 1 aliphatic rings. The van der Waals surface area contributed by atoms with Gasteiger partial charge in [-0.2, -0.15) is 5.10 Å². The van der Waals surface area contributed by atoms with E-state index in [0.29, 0.717) is 30.2 Å². The average molecular weight is 330 g/mol. The minimum absolute atomic E-state index is 0.0347. The van der Waals surface area contributed by atoms with Gasteiger partial charge in [-0.25, -0.2) is 9.67 Å². The van der Waals surface area contributed by atoms with Gasteiger partial charge in [0.05, 0.1) is 6.54 Å². The van der Waals surface area contributed by atoms with Gasteiger partial charge in [0.15, 0.2) is 5.82 Å². The quantitative estimate of drug-likeness (QED) is 0.734. The van der Waals surface area contributed by atoms with E-state index in [4.69, 9.17) is 0 Å². The number of rotatable bonds is 4. The predicted molar refractivity (Wildman–Crippen MR) is 96.5 cm³/mol. The third kappa shape index (κ3) is 2.54. The van der Waals surface area contributed by atoms with E-state index in [1.54, 1.807) is 4.90 Å². The van der Waals surface area contributed by atoms with Crippen LogP contribution in [0.4, 0.5) is 0 Å². The maximum atomic E-state index is 12.7. The first-order valence-corrected chi connectivity index (χ1v) is 8.28. The maximum absolute atomic E-state index is 12.7. The predicted octanol–water partition coefficient (Wildman–Crippen LogP) is 3.59. The molecule has 0 fully saturated rings. The Bertz CT molecular complexity index is 924. The topological polar surface area (TPSA) is 51.0 Å². The van der Waals surface area contributed by atoms with Crippen LogP contribution in [0.15, 0.2) is 61.2 Å². The Morgan fingerprint density at radius 1 is 1.00 bits per heavy atom. The molecule has 1 amide bonds. The van der Waals surface area contributed by atoms with Gasteiger partial charge in [0.25, 0.3) is 5.91 Å². The summed E-state index contributed by atoms with van der Waals surface area (Å²) < 4.78 is 1.84. The molecule has 0 atom stereocenters. The first-order valence-electron chi connectivity index (χ1n) is 8.28. The molecule has 0 bridgehead atoms. The van der Waals surface area contributed by atoms with Gasteiger partial charge in [-0.1, -0.05) is 55.1 Å². The zero-order valence-electron chi connectivity index (χ0n) is 14.0. The fraction of sp³-hybridized carbons (Fsp3) is 0.150. The van der Waals surface area contributed by atoms with Crippen LogP contribution in [-0.2, 0) is 13.1 Å². The van der Waals surface area contributed by atoms with E-state index in [1.807, 2.05) is 66.2 Å². The summed E-state index contributed by atoms with van der Waals surface area (Å²) in [6.07, 6.45) is 0. The number of nitrogens with zero attached hydrogens (tertiary/aromatic N) is 4. The lowest BCUT2D eigenvalue weighted by Crippen LogP contribution is -2.24. The molecule has 5 heteroatoms. The Balaban J connectivity index is 1.67. The highest BCUT2D eigenvalue weighted by Crippen LogP contribution is 2.32. The zero-order valence-corrected chi connectivity index (χ0v) is 14.0. The highest BCUT2D eigenvalue weighted by Gasteiger charge is 2.31. The summed E-state index contributed by atoms with van der Waals surface area (Å²) in [6.45, 7) is 7.16. The number of hydrogen-bond acceptors (Lipinski definition) is 3. The highest BCUT2D eigenvalue weighted by molar-refractivity contribution is 6.08. The van der Waals surface area contributed by atoms with Gasteiger partial charge in [-0.3, -0.25) is 4.79 Å². The number of carbonyl (C=O) groups excluding carboxylic acids is 1. The molecule has 0 aliphatic carbocycles. The van der Waals surface area contributed by atoms with Crippen LogP contribution in [0.25, 0.3) is 17.1 Å². The lowest BCUT2D eigenvalue weighted by Gasteiger charge is -2.16. The highest BCUT2D eigenvalue weighted by atomic mass is 16.2. The third-order valence-electron chi connectivity index (χ3n) is 4.42. The standard InChI is InChI=1S/C20H18N4O/c1-3-24-18(21-19(22-24)15-9-5-4-6-10-15)13-23-14(2)16-11-7-8-12-17(16)20(23)25/h4-12H,2-3,13H2,1H3. The largest absolute Gasteiger partial charge is 0.301 e. The summed E-state index contributed by atoms with van der Waals surface area (Å²) >= 11 is 0. The molecule has 1 aliphatic heterocycles. The average Bonchev–Trinajstić information content (AvgIpc) is 3.18. The van der Waals surface area contributed by atoms with E-state index in [0.717, 1.165) is 17.0 Å². The van der Waals surface area contributed by atoms with Gasteiger partial charge >= 0.3 is 0 Å². The summed E-state index contributed by atoms with van der Waals surface area (Å²) in [5.41, 5.74) is 3.26. The van der Waals surface area contributed by atoms with Gasteiger partial charge in [-0.05, 0) is 13.0 Å². The molecule has 0 saturated heterocycles. The molecule has 0 N–H and O–H groups in total. The number of aryl methyl sites for hydroxylation is 1. The molecular formula is C20H18N4O. The van der Waals surface area contributed by atoms with Gasteiger partial charge in [0.1, 0.15) is 5.82 Å². The number of carbonyl (C=O) groups is 1. The summed E-state index contributed by atoms with van der Waals surface area (Å²) in [5.74, 6) is 1.39. The Hall–Kier alpha value is -3.21. The Morgan fingerprint density at radius 2 is 1.68 bits per heavy atom. The molecule has 2 heterocycles. The summed E-state index contributed by atoms with van der Waals surface area (Å²) in [4.78, 5) is 19.0. The number of fused-ring (bicyclic) bond motifs is 1. The van der Waals surface area contributed by atoms with Crippen LogP contribution in [0.5, 0.6) is 0 Å². The van der Waals surface area contributed by atoms with Gasteiger partial charge < -0.3 is 4.90 Å². The molecule has 0 saturated carbocycles. The minimum atomic E-state index is -0.0347. The fourth-order valence-electron chi connectivity index (χ4n) is 3.10. The second kappa shape index (κ2) is 6.02. The van der Waals surface area contributed by atoms with Crippen LogP contribution in [0.1, 0.15) is 28.7 Å². The molecule has 0 unspecified atom stereocenters. The molecular weight excluding hydrogens is 312 g/mol. The monoisotopic (exact) mass is 330 g/mol. The van der Waals surface area contributed by atoms with Crippen LogP contribution < -0.4 is 0 Å². The molecule has 4 rings (SSSR count). The van der Waals surface area contributed by atoms with Crippen molar-refractivity contribution in [1.29, 1.82) is 0 Å². The smallest absolute Gasteiger partial charge is 0.259 e. The molecule has 3 aromatic rings. The molecule has 5 nitrogen and oxygen atoms in total. The van der Waals surface area contributed by atoms with Crippen LogP contribution >= 0.6 is 0 Å². The second-order valence-electron chi connectivity index (χ2n) is 5.92. The lowest BCUT2D eigenvalue weighted by atomic mass is 10.1. The van der Waals surface area contributed by atoms with Crippen LogP contribution in [0.2, 0.25) is 0 Å². The van der Waals surface area contributed by atoms with Crippen molar-refractivity contribution < 1.29 is 4.79 Å². The van der Waals surface area contributed by atoms with Crippen molar-refractivity contribution in [2.45, 2.75) is 20.0 Å². The fourth-order valence-corrected chi connectivity index (χ4v) is 3.10. The molecule has 2 aromatic carbocycles. The molecule has 1 aromatic heterocycles. The van der Waals surface area contributed by atoms with Crippen molar-refractivity contribution in [3.8, 4) is 11.4 Å². The SMILES string of the molecule is C=C1c2ccccc2C(=O)N1Cc1nc(-c2ccccc2)nn1CC. The first-order chi connectivity index (χ1) is 12.2. The Morgan fingerprint density at radius 3 is 2.36 bits per heavy atom. The van der Waals surface area contributed by atoms with Crippen LogP contribution in [0.3, 0.4) is 0 Å². The molecule has 25 heavy (non-hydrogen) atoms. The van der Waals surface area contributed by atoms with Crippen LogP contribution in [-0.4, -0.2) is 25.6 Å². The van der Waals surface area contributed by atoms with Crippen molar-refractivity contribution in [2.24, 2.45) is 0 Å². The van der Waals surface area contributed by atoms with E-state index >= 15 is 0 Å². The first kappa shape index (κ1) is 15.3. The van der Waals surface area contributed by atoms with E-state index in [2.05, 4.69) is 16.7 Å². The summed E-state index contributed by atoms with van der Waals surface area (Å²) in [6, 6.07) is 17.4. The zero-order chi connectivity index (χ0) is 17.4. The lowest BCUT2D eigenvalue weighted by molar-refractivity contribution is 0.0839. The van der Waals surface area contributed by atoms with Crippen molar-refractivity contribution in [2.75, 3.05) is 0 Å². The molecule has 0 spiro atoms. The summed E-state index contributed by atoms with van der Waals surface area (Å²) in [7, 11) is 0. The van der Waals surface area contributed by atoms with Gasteiger partial charge in [0.2, 0.25) is 0 Å². The van der Waals surface area contributed by atoms with Crippen molar-refractivity contribution in [1.82, 2.24) is 19.7 Å². The third-order valence-corrected chi connectivity index (χ3v) is 4.42. The number of hydrogen-bond donors (Lipinski definition) is 0. The summed E-state index contributed by atoms with van der Waals surface area (Å²) in [5, 5.41) is 4.58. The molecule has 0 radical (unpaired) electrons. The Kier molecular flexibility index (Phi) is 3.69. The minimum Gasteiger partial charge on any atom is -0.301 e. The van der Waals surface area contributed by atoms with Gasteiger partial charge in [0, 0.05) is 28.9 Å². The van der Waals surface area contributed by atoms with E-state index in [1.165, 1.54) is 0 Å². The normalized spacial score (nSPS) is 13.4. The van der Waals surface area contributed by atoms with E-state index in [-0.39, 0.29) is 5.91 Å². The number of benzene rings is 2. The molecule has 124 valence electrons. The number of aromatic nitrogens is 3. The number of amides is 1. The second-order valence-corrected chi connectivity index (χ2v) is 5.92. The van der Waals surface area contributed by atoms with Gasteiger partial charge in [-0.15, -0.1) is 0 Å². The van der Waals surface area contributed by atoms with Crippen molar-refractivity contribution >= 4 is 11.6 Å². The van der Waals surface area contributed by atoms with Crippen molar-refractivity contribution in [3.63, 3.8) is 0 Å². The van der Waals surface area contributed by atoms with Crippen molar-refractivity contribution in [3.05, 3.63) is 78.1 Å². The van der Waals surface area contributed by atoms with E-state index < -0.39 is 0 Å².